The molecule has 0 saturated heterocycles. The fourth-order valence-corrected chi connectivity index (χ4v) is 2.07. The lowest BCUT2D eigenvalue weighted by molar-refractivity contribution is 0.174. The predicted molar refractivity (Wildman–Crippen MR) is 55.8 cm³/mol. The van der Waals surface area contributed by atoms with Crippen LogP contribution in [-0.2, 0) is 0 Å². The number of ether oxygens (including phenoxy) is 2. The summed E-state index contributed by atoms with van der Waals surface area (Å²) in [5.41, 5.74) is 2.04. The zero-order chi connectivity index (χ0) is 10.3. The van der Waals surface area contributed by atoms with Gasteiger partial charge in [0.05, 0.1) is 6.10 Å². The van der Waals surface area contributed by atoms with Crippen LogP contribution in [0.15, 0.2) is 24.3 Å². The van der Waals surface area contributed by atoms with Crippen molar-refractivity contribution in [2.75, 3.05) is 6.79 Å². The summed E-state index contributed by atoms with van der Waals surface area (Å²) in [5, 5.41) is 9.75. The van der Waals surface area contributed by atoms with Crippen molar-refractivity contribution in [1.29, 1.82) is 0 Å². The van der Waals surface area contributed by atoms with E-state index in [1.54, 1.807) is 0 Å². The summed E-state index contributed by atoms with van der Waals surface area (Å²) in [6.07, 6.45) is 3.53. The molecule has 0 unspecified atom stereocenters. The van der Waals surface area contributed by atoms with E-state index in [1.165, 1.54) is 0 Å². The summed E-state index contributed by atoms with van der Waals surface area (Å²) < 4.78 is 10.5. The predicted octanol–water partition coefficient (Wildman–Crippen LogP) is 1.95. The van der Waals surface area contributed by atoms with Crippen LogP contribution in [0.3, 0.4) is 0 Å². The zero-order valence-corrected chi connectivity index (χ0v) is 8.27. The Hall–Kier alpha value is -1.48. The van der Waals surface area contributed by atoms with E-state index in [2.05, 4.69) is 6.08 Å². The normalized spacial score (nSPS) is 23.0. The van der Waals surface area contributed by atoms with Crippen molar-refractivity contribution in [1.82, 2.24) is 0 Å². The monoisotopic (exact) mass is 204 g/mol. The van der Waals surface area contributed by atoms with Crippen LogP contribution >= 0.6 is 0 Å². The lowest BCUT2D eigenvalue weighted by Crippen LogP contribution is -2.03. The molecular formula is C12H12O3. The molecule has 0 fully saturated rings. The Morgan fingerprint density at radius 2 is 2.07 bits per heavy atom. The minimum atomic E-state index is -0.328. The highest BCUT2D eigenvalue weighted by molar-refractivity contribution is 5.72. The average molecular weight is 204 g/mol. The van der Waals surface area contributed by atoms with E-state index in [0.717, 1.165) is 35.5 Å². The van der Waals surface area contributed by atoms with Gasteiger partial charge in [-0.15, -0.1) is 0 Å². The molecule has 3 nitrogen and oxygen atoms in total. The Balaban J connectivity index is 1.99. The van der Waals surface area contributed by atoms with Crippen LogP contribution in [0.4, 0.5) is 0 Å². The topological polar surface area (TPSA) is 38.7 Å². The smallest absolute Gasteiger partial charge is 0.231 e. The number of benzene rings is 1. The number of allylic oxidation sites excluding steroid dienone is 1. The van der Waals surface area contributed by atoms with E-state index < -0.39 is 0 Å². The van der Waals surface area contributed by atoms with Gasteiger partial charge in [-0.05, 0) is 36.1 Å². The molecule has 3 heteroatoms. The first-order chi connectivity index (χ1) is 7.34. The van der Waals surface area contributed by atoms with Crippen LogP contribution in [-0.4, -0.2) is 18.0 Å². The third-order valence-corrected chi connectivity index (χ3v) is 2.87. The Morgan fingerprint density at radius 3 is 2.87 bits per heavy atom. The largest absolute Gasteiger partial charge is 0.454 e. The second kappa shape index (κ2) is 3.28. The molecule has 0 amide bonds. The Labute approximate surface area is 87.9 Å². The molecule has 1 atom stereocenters. The number of fused-ring (bicyclic) bond motifs is 1. The molecule has 1 aromatic rings. The molecule has 0 saturated carbocycles. The van der Waals surface area contributed by atoms with Crippen LogP contribution in [0.5, 0.6) is 11.5 Å². The Morgan fingerprint density at radius 1 is 1.20 bits per heavy atom. The Bertz CT molecular complexity index is 423. The van der Waals surface area contributed by atoms with Gasteiger partial charge in [-0.2, -0.15) is 0 Å². The number of aliphatic hydroxyl groups excluding tert-OH is 1. The van der Waals surface area contributed by atoms with Crippen LogP contribution in [0.25, 0.3) is 5.57 Å². The molecule has 0 bridgehead atoms. The first-order valence-corrected chi connectivity index (χ1v) is 5.13. The maximum absolute atomic E-state index is 9.75. The molecule has 78 valence electrons. The van der Waals surface area contributed by atoms with Crippen molar-refractivity contribution in [3.8, 4) is 11.5 Å². The molecule has 1 N–H and O–H groups in total. The summed E-state index contributed by atoms with van der Waals surface area (Å²) in [7, 11) is 0. The van der Waals surface area contributed by atoms with E-state index in [0.29, 0.717) is 6.79 Å². The van der Waals surface area contributed by atoms with Crippen molar-refractivity contribution in [2.45, 2.75) is 18.9 Å². The highest BCUT2D eigenvalue weighted by atomic mass is 16.7. The molecule has 2 aliphatic rings. The molecule has 0 spiro atoms. The van der Waals surface area contributed by atoms with E-state index in [9.17, 15) is 5.11 Å². The van der Waals surface area contributed by atoms with E-state index in [-0.39, 0.29) is 6.10 Å². The second-order valence-electron chi connectivity index (χ2n) is 3.82. The van der Waals surface area contributed by atoms with Crippen LogP contribution in [0.1, 0.15) is 18.4 Å². The van der Waals surface area contributed by atoms with Crippen molar-refractivity contribution in [2.24, 2.45) is 0 Å². The van der Waals surface area contributed by atoms with E-state index in [1.807, 2.05) is 18.2 Å². The van der Waals surface area contributed by atoms with Gasteiger partial charge in [0.25, 0.3) is 0 Å². The molecule has 0 aromatic heterocycles. The van der Waals surface area contributed by atoms with Crippen LogP contribution in [0.2, 0.25) is 0 Å². The second-order valence-corrected chi connectivity index (χ2v) is 3.82. The standard InChI is InChI=1S/C12H12O3/c13-10-3-1-2-9(10)8-4-5-11-12(6-8)15-7-14-11/h2,4-6,10,13H,1,3,7H2/t10-/m0/s1. The van der Waals surface area contributed by atoms with Crippen molar-refractivity contribution in [3.05, 3.63) is 29.8 Å². The molecule has 1 heterocycles. The molecule has 3 rings (SSSR count). The van der Waals surface area contributed by atoms with Crippen LogP contribution in [0, 0.1) is 0 Å². The van der Waals surface area contributed by atoms with Crippen molar-refractivity contribution >= 4 is 5.57 Å². The molecule has 15 heavy (non-hydrogen) atoms. The quantitative estimate of drug-likeness (QED) is 0.759. The first kappa shape index (κ1) is 8.80. The average Bonchev–Trinajstić information content (AvgIpc) is 2.84. The van der Waals surface area contributed by atoms with Gasteiger partial charge in [0, 0.05) is 0 Å². The maximum Gasteiger partial charge on any atom is 0.231 e. The summed E-state index contributed by atoms with van der Waals surface area (Å²) in [5.74, 6) is 1.55. The van der Waals surface area contributed by atoms with E-state index in [4.69, 9.17) is 9.47 Å². The van der Waals surface area contributed by atoms with Crippen LogP contribution < -0.4 is 9.47 Å². The summed E-state index contributed by atoms with van der Waals surface area (Å²) in [6.45, 7) is 0.292. The maximum atomic E-state index is 9.75. The molecular weight excluding hydrogens is 192 g/mol. The Kier molecular flexibility index (Phi) is 1.92. The lowest BCUT2D eigenvalue weighted by atomic mass is 10.0. The first-order valence-electron chi connectivity index (χ1n) is 5.13. The fourth-order valence-electron chi connectivity index (χ4n) is 2.07. The SMILES string of the molecule is O[C@H]1CCC=C1c1ccc2c(c1)OCO2. The van der Waals surface area contributed by atoms with Crippen molar-refractivity contribution in [3.63, 3.8) is 0 Å². The number of aliphatic hydroxyl groups is 1. The summed E-state index contributed by atoms with van der Waals surface area (Å²) >= 11 is 0. The number of rotatable bonds is 1. The van der Waals surface area contributed by atoms with Gasteiger partial charge in [-0.25, -0.2) is 0 Å². The van der Waals surface area contributed by atoms with Gasteiger partial charge in [0.2, 0.25) is 6.79 Å². The summed E-state index contributed by atoms with van der Waals surface area (Å²) in [4.78, 5) is 0. The van der Waals surface area contributed by atoms with Gasteiger partial charge in [-0.1, -0.05) is 12.1 Å². The fraction of sp³-hybridized carbons (Fsp3) is 0.333. The van der Waals surface area contributed by atoms with Gasteiger partial charge in [0.15, 0.2) is 11.5 Å². The lowest BCUT2D eigenvalue weighted by Gasteiger charge is -2.08. The summed E-state index contributed by atoms with van der Waals surface area (Å²) in [6, 6.07) is 5.79. The third kappa shape index (κ3) is 1.39. The van der Waals surface area contributed by atoms with Crippen molar-refractivity contribution < 1.29 is 14.6 Å². The highest BCUT2D eigenvalue weighted by Crippen LogP contribution is 2.37. The number of hydrogen-bond donors (Lipinski definition) is 1. The minimum absolute atomic E-state index is 0.292. The minimum Gasteiger partial charge on any atom is -0.454 e. The van der Waals surface area contributed by atoms with Gasteiger partial charge in [0.1, 0.15) is 0 Å². The van der Waals surface area contributed by atoms with Gasteiger partial charge < -0.3 is 14.6 Å². The van der Waals surface area contributed by atoms with E-state index >= 15 is 0 Å². The number of hydrogen-bond acceptors (Lipinski definition) is 3. The van der Waals surface area contributed by atoms with Gasteiger partial charge >= 0.3 is 0 Å². The molecule has 1 aromatic carbocycles. The zero-order valence-electron chi connectivity index (χ0n) is 8.27. The highest BCUT2D eigenvalue weighted by Gasteiger charge is 2.20. The molecule has 0 radical (unpaired) electrons. The van der Waals surface area contributed by atoms with Gasteiger partial charge in [-0.3, -0.25) is 0 Å². The molecule has 1 aliphatic heterocycles. The molecule has 1 aliphatic carbocycles. The third-order valence-electron chi connectivity index (χ3n) is 2.87.